The molecule has 2 aromatic rings. The molecule has 5 nitrogen and oxygen atoms in total. The molecule has 192 valence electrons. The third kappa shape index (κ3) is 7.07. The van der Waals surface area contributed by atoms with Gasteiger partial charge in [0.15, 0.2) is 14.1 Å². The molecular formula is C28H41FN2O3Si. The molecule has 0 aromatic heterocycles. The quantitative estimate of drug-likeness (QED) is 0.304. The van der Waals surface area contributed by atoms with Crippen molar-refractivity contribution in [2.24, 2.45) is 0 Å². The fraction of sp³-hybridized carbons (Fsp3) is 0.536. The van der Waals surface area contributed by atoms with Crippen molar-refractivity contribution >= 4 is 25.7 Å². The zero-order valence-electron chi connectivity index (χ0n) is 22.2. The number of aryl methyl sites for hydroxylation is 1. The van der Waals surface area contributed by atoms with E-state index in [1.807, 2.05) is 25.1 Å². The Bertz CT molecular complexity index is 981. The smallest absolute Gasteiger partial charge is 0.306 e. The van der Waals surface area contributed by atoms with E-state index in [1.165, 1.54) is 0 Å². The van der Waals surface area contributed by atoms with Crippen molar-refractivity contribution in [1.82, 2.24) is 0 Å². The number of hydrogen-bond acceptors (Lipinski definition) is 5. The summed E-state index contributed by atoms with van der Waals surface area (Å²) in [6, 6.07) is 14.0. The van der Waals surface area contributed by atoms with Crippen molar-refractivity contribution in [3.8, 4) is 0 Å². The maximum absolute atomic E-state index is 15.4. The first-order valence-corrected chi connectivity index (χ1v) is 15.6. The van der Waals surface area contributed by atoms with Crippen LogP contribution in [-0.2, 0) is 27.0 Å². The zero-order chi connectivity index (χ0) is 25.6. The highest BCUT2D eigenvalue weighted by molar-refractivity contribution is 6.74. The maximum Gasteiger partial charge on any atom is 0.306 e. The van der Waals surface area contributed by atoms with Crippen LogP contribution in [0.5, 0.6) is 0 Å². The van der Waals surface area contributed by atoms with Gasteiger partial charge in [-0.2, -0.15) is 0 Å². The molecule has 0 aliphatic carbocycles. The molecule has 35 heavy (non-hydrogen) atoms. The number of carbonyl (C=O) groups is 1. The Kier molecular flexibility index (Phi) is 8.99. The molecule has 2 aromatic carbocycles. The zero-order valence-corrected chi connectivity index (χ0v) is 23.2. The second kappa shape index (κ2) is 11.6. The fourth-order valence-electron chi connectivity index (χ4n) is 3.96. The SMILES string of the molecule is CCOC(=O)CCc1ccc(N2CCN(c3cccc(CO[Si](C)(C)C(C)(C)C)c3F)CC2)cc1. The number of ether oxygens (including phenoxy) is 1. The van der Waals surface area contributed by atoms with Crippen LogP contribution in [0.2, 0.25) is 18.1 Å². The molecule has 0 amide bonds. The first-order valence-electron chi connectivity index (χ1n) is 12.7. The summed E-state index contributed by atoms with van der Waals surface area (Å²) in [4.78, 5) is 16.0. The second-order valence-corrected chi connectivity index (χ2v) is 15.6. The van der Waals surface area contributed by atoms with Gasteiger partial charge in [-0.05, 0) is 55.2 Å². The predicted molar refractivity (Wildman–Crippen MR) is 144 cm³/mol. The van der Waals surface area contributed by atoms with Crippen LogP contribution in [0.1, 0.15) is 45.2 Å². The van der Waals surface area contributed by atoms with Crippen LogP contribution in [0, 0.1) is 5.82 Å². The molecule has 1 heterocycles. The third-order valence-electron chi connectivity index (χ3n) is 7.30. The first-order chi connectivity index (χ1) is 16.5. The molecule has 3 rings (SSSR count). The number of esters is 1. The van der Waals surface area contributed by atoms with Gasteiger partial charge in [0.25, 0.3) is 0 Å². The van der Waals surface area contributed by atoms with Crippen molar-refractivity contribution in [1.29, 1.82) is 0 Å². The number of benzene rings is 2. The van der Waals surface area contributed by atoms with Crippen molar-refractivity contribution in [3.63, 3.8) is 0 Å². The second-order valence-electron chi connectivity index (χ2n) is 10.7. The van der Waals surface area contributed by atoms with Gasteiger partial charge < -0.3 is 19.0 Å². The lowest BCUT2D eigenvalue weighted by molar-refractivity contribution is -0.143. The average Bonchev–Trinajstić information content (AvgIpc) is 2.82. The fourth-order valence-corrected chi connectivity index (χ4v) is 4.90. The van der Waals surface area contributed by atoms with Crippen LogP contribution in [-0.4, -0.2) is 47.1 Å². The van der Waals surface area contributed by atoms with E-state index in [1.54, 1.807) is 0 Å². The summed E-state index contributed by atoms with van der Waals surface area (Å²) < 4.78 is 26.7. The highest BCUT2D eigenvalue weighted by Crippen LogP contribution is 2.37. The van der Waals surface area contributed by atoms with E-state index in [9.17, 15) is 4.79 Å². The maximum atomic E-state index is 15.4. The van der Waals surface area contributed by atoms with Crippen LogP contribution < -0.4 is 9.80 Å². The molecule has 0 radical (unpaired) electrons. The van der Waals surface area contributed by atoms with E-state index >= 15 is 4.39 Å². The van der Waals surface area contributed by atoms with Crippen LogP contribution in [0.4, 0.5) is 15.8 Å². The predicted octanol–water partition coefficient (Wildman–Crippen LogP) is 6.17. The summed E-state index contributed by atoms with van der Waals surface area (Å²) in [5.41, 5.74) is 3.57. The summed E-state index contributed by atoms with van der Waals surface area (Å²) in [7, 11) is -1.94. The number of hydrogen-bond donors (Lipinski definition) is 0. The summed E-state index contributed by atoms with van der Waals surface area (Å²) in [5.74, 6) is -0.318. The van der Waals surface area contributed by atoms with Crippen LogP contribution >= 0.6 is 0 Å². The van der Waals surface area contributed by atoms with E-state index in [-0.39, 0.29) is 16.8 Å². The van der Waals surface area contributed by atoms with Gasteiger partial charge in [-0.25, -0.2) is 4.39 Å². The van der Waals surface area contributed by atoms with Crippen LogP contribution in [0.25, 0.3) is 0 Å². The van der Waals surface area contributed by atoms with E-state index in [0.29, 0.717) is 37.3 Å². The third-order valence-corrected chi connectivity index (χ3v) is 11.8. The molecular weight excluding hydrogens is 459 g/mol. The lowest BCUT2D eigenvalue weighted by Gasteiger charge is -2.38. The molecule has 1 aliphatic rings. The summed E-state index contributed by atoms with van der Waals surface area (Å²) in [6.45, 7) is 16.7. The molecule has 1 saturated heterocycles. The van der Waals surface area contributed by atoms with E-state index in [2.05, 4.69) is 67.9 Å². The number of carbonyl (C=O) groups excluding carboxylic acids is 1. The topological polar surface area (TPSA) is 42.0 Å². The average molecular weight is 501 g/mol. The van der Waals surface area contributed by atoms with Gasteiger partial charge in [-0.1, -0.05) is 45.0 Å². The van der Waals surface area contributed by atoms with Gasteiger partial charge in [0.2, 0.25) is 0 Å². The molecule has 0 bridgehead atoms. The lowest BCUT2D eigenvalue weighted by atomic mass is 10.1. The Morgan fingerprint density at radius 3 is 2.23 bits per heavy atom. The van der Waals surface area contributed by atoms with Crippen LogP contribution in [0.15, 0.2) is 42.5 Å². The van der Waals surface area contributed by atoms with E-state index in [0.717, 1.165) is 37.4 Å². The molecule has 0 saturated carbocycles. The van der Waals surface area contributed by atoms with Gasteiger partial charge in [0.1, 0.15) is 0 Å². The molecule has 0 N–H and O–H groups in total. The van der Waals surface area contributed by atoms with Crippen molar-refractivity contribution in [2.45, 2.75) is 65.3 Å². The molecule has 1 aliphatic heterocycles. The molecule has 0 spiro atoms. The number of rotatable bonds is 9. The van der Waals surface area contributed by atoms with E-state index < -0.39 is 8.32 Å². The Morgan fingerprint density at radius 1 is 1.00 bits per heavy atom. The number of piperazine rings is 1. The minimum Gasteiger partial charge on any atom is -0.466 e. The Balaban J connectivity index is 1.57. The van der Waals surface area contributed by atoms with Crippen LogP contribution in [0.3, 0.4) is 0 Å². The number of nitrogens with zero attached hydrogens (tertiary/aromatic N) is 2. The minimum atomic E-state index is -1.94. The monoisotopic (exact) mass is 500 g/mol. The van der Waals surface area contributed by atoms with Crippen molar-refractivity contribution < 1.29 is 18.3 Å². The minimum absolute atomic E-state index is 0.0938. The number of anilines is 2. The Morgan fingerprint density at radius 2 is 1.63 bits per heavy atom. The summed E-state index contributed by atoms with van der Waals surface area (Å²) in [5, 5.41) is 0.0938. The molecule has 0 unspecified atom stereocenters. The lowest BCUT2D eigenvalue weighted by Crippen LogP contribution is -2.47. The van der Waals surface area contributed by atoms with Gasteiger partial charge in [-0.15, -0.1) is 0 Å². The Hall–Kier alpha value is -2.38. The highest BCUT2D eigenvalue weighted by Gasteiger charge is 2.37. The summed E-state index contributed by atoms with van der Waals surface area (Å²) >= 11 is 0. The standard InChI is InChI=1S/C28H41FN2O3Si/c1-7-33-26(32)16-13-22-11-14-24(15-12-22)30-17-19-31(20-18-30)25-10-8-9-23(27(25)29)21-34-35(5,6)28(2,3)4/h8-12,14-15H,7,13,16-21H2,1-6H3. The summed E-state index contributed by atoms with van der Waals surface area (Å²) in [6.07, 6.45) is 1.08. The van der Waals surface area contributed by atoms with E-state index in [4.69, 9.17) is 9.16 Å². The van der Waals surface area contributed by atoms with Gasteiger partial charge in [0.05, 0.1) is 18.9 Å². The van der Waals surface area contributed by atoms with Gasteiger partial charge in [-0.3, -0.25) is 4.79 Å². The molecule has 0 atom stereocenters. The molecule has 7 heteroatoms. The van der Waals surface area contributed by atoms with Crippen molar-refractivity contribution in [3.05, 3.63) is 59.4 Å². The van der Waals surface area contributed by atoms with Gasteiger partial charge in [0, 0.05) is 43.9 Å². The first kappa shape index (κ1) is 27.2. The number of halogens is 1. The normalized spacial score (nSPS) is 14.8. The highest BCUT2D eigenvalue weighted by atomic mass is 28.4. The largest absolute Gasteiger partial charge is 0.466 e. The Labute approximate surface area is 211 Å². The molecule has 1 fully saturated rings. The van der Waals surface area contributed by atoms with Crippen molar-refractivity contribution in [2.75, 3.05) is 42.6 Å². The van der Waals surface area contributed by atoms with Gasteiger partial charge >= 0.3 is 5.97 Å².